The topological polar surface area (TPSA) is 42.9 Å². The second-order valence-electron chi connectivity index (χ2n) is 15.6. The molecular formula is C56H38N2O. The number of Topliss-reactive ketones (excluding diaryl/α,β-unsaturated/α-hetero) is 1. The normalized spacial score (nSPS) is 13.8. The largest absolute Gasteiger partial charge is 0.293 e. The zero-order valence-corrected chi connectivity index (χ0v) is 32.3. The van der Waals surface area contributed by atoms with E-state index in [2.05, 4.69) is 164 Å². The molecule has 0 amide bonds. The van der Waals surface area contributed by atoms with Crippen LogP contribution < -0.4 is 0 Å². The highest BCUT2D eigenvalue weighted by Crippen LogP contribution is 2.49. The third-order valence-electron chi connectivity index (χ3n) is 12.0. The SMILES string of the molecule is O=C1c2ccccc2-c2cc(-c3cc(-c4ccccc4)nc(-c4ccccc4)c3)cc3c2CCC1c1ccc(-c2cc(-c4ccccc4)nc(-c4ccccc4)c2)cc1-3. The summed E-state index contributed by atoms with van der Waals surface area (Å²) in [4.78, 5) is 25.2. The summed E-state index contributed by atoms with van der Waals surface area (Å²) in [7, 11) is 0. The van der Waals surface area contributed by atoms with E-state index in [0.717, 1.165) is 108 Å². The average molecular weight is 755 g/mol. The van der Waals surface area contributed by atoms with Gasteiger partial charge in [-0.2, -0.15) is 0 Å². The molecule has 2 aromatic heterocycles. The van der Waals surface area contributed by atoms with Gasteiger partial charge in [0.05, 0.1) is 22.8 Å². The van der Waals surface area contributed by atoms with E-state index in [1.807, 2.05) is 36.4 Å². The summed E-state index contributed by atoms with van der Waals surface area (Å²) >= 11 is 0. The molecule has 11 rings (SSSR count). The number of hydrogen-bond acceptors (Lipinski definition) is 3. The van der Waals surface area contributed by atoms with E-state index in [0.29, 0.717) is 0 Å². The van der Waals surface area contributed by atoms with E-state index < -0.39 is 0 Å². The monoisotopic (exact) mass is 754 g/mol. The van der Waals surface area contributed by atoms with E-state index >= 15 is 0 Å². The van der Waals surface area contributed by atoms with Gasteiger partial charge < -0.3 is 0 Å². The molecule has 0 aliphatic heterocycles. The minimum Gasteiger partial charge on any atom is -0.293 e. The molecule has 1 unspecified atom stereocenters. The fourth-order valence-electron chi connectivity index (χ4n) is 9.12. The summed E-state index contributed by atoms with van der Waals surface area (Å²) in [5.41, 5.74) is 19.9. The lowest BCUT2D eigenvalue weighted by atomic mass is 9.81. The number of benzene rings is 7. The van der Waals surface area contributed by atoms with Crippen molar-refractivity contribution >= 4 is 5.78 Å². The number of pyridine rings is 2. The van der Waals surface area contributed by atoms with Gasteiger partial charge in [-0.25, -0.2) is 9.97 Å². The molecule has 0 saturated carbocycles. The zero-order valence-electron chi connectivity index (χ0n) is 32.3. The van der Waals surface area contributed by atoms with Gasteiger partial charge in [-0.15, -0.1) is 0 Å². The van der Waals surface area contributed by atoms with E-state index in [-0.39, 0.29) is 11.7 Å². The summed E-state index contributed by atoms with van der Waals surface area (Å²) in [6, 6.07) is 70.1. The molecule has 2 heterocycles. The van der Waals surface area contributed by atoms with Crippen LogP contribution in [-0.4, -0.2) is 15.8 Å². The van der Waals surface area contributed by atoms with Gasteiger partial charge in [0.15, 0.2) is 5.78 Å². The molecule has 278 valence electrons. The predicted molar refractivity (Wildman–Crippen MR) is 241 cm³/mol. The minimum absolute atomic E-state index is 0.188. The lowest BCUT2D eigenvalue weighted by Crippen LogP contribution is -2.16. The number of aromatic nitrogens is 2. The maximum absolute atomic E-state index is 14.8. The van der Waals surface area contributed by atoms with Gasteiger partial charge in [0.25, 0.3) is 0 Å². The van der Waals surface area contributed by atoms with Crippen molar-refractivity contribution in [2.75, 3.05) is 0 Å². The number of ketones is 1. The van der Waals surface area contributed by atoms with Crippen LogP contribution in [0.5, 0.6) is 0 Å². The van der Waals surface area contributed by atoms with Crippen molar-refractivity contribution in [3.05, 3.63) is 217 Å². The quantitative estimate of drug-likeness (QED) is 0.170. The Balaban J connectivity index is 1.16. The van der Waals surface area contributed by atoms with Crippen LogP contribution in [0.1, 0.15) is 33.8 Å². The molecule has 9 aromatic rings. The second kappa shape index (κ2) is 14.5. The lowest BCUT2D eigenvalue weighted by molar-refractivity contribution is 0.0956. The molecule has 0 spiro atoms. The van der Waals surface area contributed by atoms with Gasteiger partial charge in [0, 0.05) is 33.7 Å². The fourth-order valence-corrected chi connectivity index (χ4v) is 9.12. The highest BCUT2D eigenvalue weighted by Gasteiger charge is 2.34. The predicted octanol–water partition coefficient (Wildman–Crippen LogP) is 14.0. The van der Waals surface area contributed by atoms with Gasteiger partial charge in [0.2, 0.25) is 0 Å². The maximum Gasteiger partial charge on any atom is 0.170 e. The fraction of sp³-hybridized carbons (Fsp3) is 0.0536. The molecule has 1 atom stereocenters. The second-order valence-corrected chi connectivity index (χ2v) is 15.6. The molecular weight excluding hydrogens is 717 g/mol. The molecule has 0 saturated heterocycles. The number of nitrogens with zero attached hydrogens (tertiary/aromatic N) is 2. The van der Waals surface area contributed by atoms with Crippen LogP contribution in [0.2, 0.25) is 0 Å². The summed E-state index contributed by atoms with van der Waals surface area (Å²) in [6.45, 7) is 0. The standard InChI is InChI=1S/C56H38N2O/c59-56-47-24-14-13-23-44(47)49-30-41(43-34-54(38-19-9-3-10-20-38)58-55(35-43)39-21-11-4-12-22-39)31-51-46(49)27-28-48(56)45-26-25-40(29-50(45)51)42-32-52(36-15-5-1-6-16-36)57-53(33-42)37-17-7-2-8-18-37/h1-26,29-35,48H,27-28H2. The molecule has 3 heteroatoms. The highest BCUT2D eigenvalue weighted by molar-refractivity contribution is 6.09. The third kappa shape index (κ3) is 6.29. The molecule has 2 bridgehead atoms. The molecule has 59 heavy (non-hydrogen) atoms. The third-order valence-corrected chi connectivity index (χ3v) is 12.0. The van der Waals surface area contributed by atoms with Crippen molar-refractivity contribution in [1.82, 2.24) is 9.97 Å². The van der Waals surface area contributed by atoms with E-state index in [1.165, 1.54) is 11.1 Å². The van der Waals surface area contributed by atoms with Crippen molar-refractivity contribution in [3.63, 3.8) is 0 Å². The van der Waals surface area contributed by atoms with Crippen LogP contribution in [0, 0.1) is 0 Å². The molecule has 2 aliphatic rings. The van der Waals surface area contributed by atoms with Gasteiger partial charge in [0.1, 0.15) is 0 Å². The first-order valence-corrected chi connectivity index (χ1v) is 20.4. The van der Waals surface area contributed by atoms with Crippen molar-refractivity contribution in [2.45, 2.75) is 18.8 Å². The molecule has 0 radical (unpaired) electrons. The maximum atomic E-state index is 14.8. The Kier molecular flexibility index (Phi) is 8.52. The van der Waals surface area contributed by atoms with Crippen molar-refractivity contribution in [2.24, 2.45) is 0 Å². The van der Waals surface area contributed by atoms with E-state index in [4.69, 9.17) is 9.97 Å². The lowest BCUT2D eigenvalue weighted by Gasteiger charge is -2.22. The van der Waals surface area contributed by atoms with Crippen LogP contribution in [0.25, 0.3) is 89.5 Å². The Bertz CT molecular complexity index is 2930. The van der Waals surface area contributed by atoms with Gasteiger partial charge >= 0.3 is 0 Å². The van der Waals surface area contributed by atoms with Crippen LogP contribution in [0.3, 0.4) is 0 Å². The zero-order chi connectivity index (χ0) is 39.3. The smallest absolute Gasteiger partial charge is 0.170 e. The Morgan fingerprint density at radius 1 is 0.339 bits per heavy atom. The Hall–Kier alpha value is -7.49. The van der Waals surface area contributed by atoms with E-state index in [1.54, 1.807) is 0 Å². The Labute approximate surface area is 344 Å². The first-order chi connectivity index (χ1) is 29.1. The first kappa shape index (κ1) is 34.7. The summed E-state index contributed by atoms with van der Waals surface area (Å²) in [5.74, 6) is -0.0655. The number of hydrogen-bond donors (Lipinski definition) is 0. The van der Waals surface area contributed by atoms with E-state index in [9.17, 15) is 4.79 Å². The van der Waals surface area contributed by atoms with Crippen molar-refractivity contribution in [3.8, 4) is 89.5 Å². The molecule has 0 fully saturated rings. The Morgan fingerprint density at radius 2 is 0.729 bits per heavy atom. The summed E-state index contributed by atoms with van der Waals surface area (Å²) in [6.07, 6.45) is 1.57. The first-order valence-electron chi connectivity index (χ1n) is 20.4. The highest BCUT2D eigenvalue weighted by atomic mass is 16.1. The van der Waals surface area contributed by atoms with Crippen molar-refractivity contribution in [1.29, 1.82) is 0 Å². The van der Waals surface area contributed by atoms with Crippen LogP contribution in [0.15, 0.2) is 200 Å². The molecule has 7 aromatic carbocycles. The van der Waals surface area contributed by atoms with Crippen LogP contribution in [0.4, 0.5) is 0 Å². The van der Waals surface area contributed by atoms with Gasteiger partial charge in [-0.05, 0) is 111 Å². The summed E-state index contributed by atoms with van der Waals surface area (Å²) in [5, 5.41) is 0. The van der Waals surface area contributed by atoms with Crippen molar-refractivity contribution < 1.29 is 4.79 Å². The number of carbonyl (C=O) groups is 1. The number of fused-ring (bicyclic) bond motifs is 7. The van der Waals surface area contributed by atoms with Crippen LogP contribution in [-0.2, 0) is 6.42 Å². The minimum atomic E-state index is -0.253. The van der Waals surface area contributed by atoms with Crippen LogP contribution >= 0.6 is 0 Å². The van der Waals surface area contributed by atoms with Gasteiger partial charge in [-0.3, -0.25) is 4.79 Å². The summed E-state index contributed by atoms with van der Waals surface area (Å²) < 4.78 is 0. The molecule has 2 aliphatic carbocycles. The van der Waals surface area contributed by atoms with Gasteiger partial charge in [-0.1, -0.05) is 158 Å². The molecule has 3 nitrogen and oxygen atoms in total. The Morgan fingerprint density at radius 3 is 1.22 bits per heavy atom. The average Bonchev–Trinajstić information content (AvgIpc) is 3.47. The number of rotatable bonds is 6. The molecule has 0 N–H and O–H groups in total. The number of carbonyl (C=O) groups excluding carboxylic acids is 1.